The smallest absolute Gasteiger partial charge is 0.139 e. The van der Waals surface area contributed by atoms with Crippen molar-refractivity contribution >= 4 is 11.0 Å². The number of hydrogen-bond acceptors (Lipinski definition) is 4. The van der Waals surface area contributed by atoms with Crippen LogP contribution in [-0.2, 0) is 0 Å². The van der Waals surface area contributed by atoms with E-state index in [0.717, 1.165) is 11.0 Å². The van der Waals surface area contributed by atoms with E-state index in [1.807, 2.05) is 12.1 Å². The third-order valence-electron chi connectivity index (χ3n) is 4.39. The molecule has 1 aliphatic heterocycles. The highest BCUT2D eigenvalue weighted by Crippen LogP contribution is 2.42. The first-order valence-corrected chi connectivity index (χ1v) is 7.37. The van der Waals surface area contributed by atoms with Crippen LogP contribution in [-0.4, -0.2) is 10.3 Å². The average Bonchev–Trinajstić information content (AvgIpc) is 2.90. The normalized spacial score (nSPS) is 19.6. The lowest BCUT2D eigenvalue weighted by Gasteiger charge is -2.33. The molecule has 4 nitrogen and oxygen atoms in total. The first-order valence-electron chi connectivity index (χ1n) is 7.37. The van der Waals surface area contributed by atoms with Crippen molar-refractivity contribution < 1.29 is 4.63 Å². The van der Waals surface area contributed by atoms with Gasteiger partial charge in [-0.05, 0) is 59.8 Å². The molecule has 1 N–H and O–H groups in total. The number of aromatic nitrogens is 2. The molecule has 1 unspecified atom stereocenters. The zero-order chi connectivity index (χ0) is 15.1. The van der Waals surface area contributed by atoms with Gasteiger partial charge in [-0.25, -0.2) is 4.63 Å². The van der Waals surface area contributed by atoms with Gasteiger partial charge in [0.15, 0.2) is 0 Å². The third kappa shape index (κ3) is 2.15. The van der Waals surface area contributed by atoms with Crippen LogP contribution in [0.2, 0.25) is 0 Å². The zero-order valence-corrected chi connectivity index (χ0v) is 13.2. The van der Waals surface area contributed by atoms with Gasteiger partial charge >= 0.3 is 0 Å². The van der Waals surface area contributed by atoms with E-state index in [4.69, 9.17) is 4.63 Å². The van der Waals surface area contributed by atoms with Crippen molar-refractivity contribution in [2.45, 2.75) is 40.5 Å². The maximum absolute atomic E-state index is 4.93. The van der Waals surface area contributed by atoms with Crippen LogP contribution in [0.5, 0.6) is 0 Å². The summed E-state index contributed by atoms with van der Waals surface area (Å²) in [5, 5.41) is 11.6. The second-order valence-corrected chi connectivity index (χ2v) is 6.08. The summed E-state index contributed by atoms with van der Waals surface area (Å²) in [7, 11) is 0. The molecule has 0 amide bonds. The topological polar surface area (TPSA) is 51.0 Å². The van der Waals surface area contributed by atoms with Crippen molar-refractivity contribution in [3.63, 3.8) is 0 Å². The van der Waals surface area contributed by atoms with Gasteiger partial charge in [-0.1, -0.05) is 26.0 Å². The standard InChI is InChI=1S/C17H21N3O/c1-9(2)15-12(5)18-11(4)10(3)16(15)13-7-6-8-14-17(13)20-21-19-14/h6-9,16,18H,1-5H3. The molecule has 1 aromatic carbocycles. The lowest BCUT2D eigenvalue weighted by atomic mass is 9.76. The van der Waals surface area contributed by atoms with Gasteiger partial charge in [0.1, 0.15) is 11.0 Å². The van der Waals surface area contributed by atoms with Crippen LogP contribution in [0.25, 0.3) is 11.0 Å². The highest BCUT2D eigenvalue weighted by molar-refractivity contribution is 5.79. The van der Waals surface area contributed by atoms with Crippen molar-refractivity contribution in [3.8, 4) is 0 Å². The molecule has 0 radical (unpaired) electrons. The van der Waals surface area contributed by atoms with E-state index in [0.29, 0.717) is 5.92 Å². The molecule has 4 heteroatoms. The molecule has 2 aromatic rings. The van der Waals surface area contributed by atoms with Crippen molar-refractivity contribution in [2.75, 3.05) is 0 Å². The molecule has 1 aliphatic rings. The maximum Gasteiger partial charge on any atom is 0.139 e. The number of hydrogen-bond donors (Lipinski definition) is 1. The van der Waals surface area contributed by atoms with Crippen molar-refractivity contribution in [3.05, 3.63) is 46.3 Å². The predicted octanol–water partition coefficient (Wildman–Crippen LogP) is 4.13. The number of rotatable bonds is 2. The molecule has 3 rings (SSSR count). The first kappa shape index (κ1) is 13.9. The lowest BCUT2D eigenvalue weighted by molar-refractivity contribution is 0.315. The van der Waals surface area contributed by atoms with E-state index in [1.54, 1.807) is 0 Å². The quantitative estimate of drug-likeness (QED) is 0.900. The Morgan fingerprint density at radius 2 is 1.86 bits per heavy atom. The van der Waals surface area contributed by atoms with Gasteiger partial charge in [-0.2, -0.15) is 0 Å². The summed E-state index contributed by atoms with van der Waals surface area (Å²) in [6.07, 6.45) is 0. The Bertz CT molecular complexity index is 752. The molecular weight excluding hydrogens is 262 g/mol. The molecule has 0 saturated carbocycles. The highest BCUT2D eigenvalue weighted by atomic mass is 16.6. The van der Waals surface area contributed by atoms with Crippen LogP contribution in [0.1, 0.15) is 46.1 Å². The van der Waals surface area contributed by atoms with Crippen molar-refractivity contribution in [2.24, 2.45) is 5.92 Å². The summed E-state index contributed by atoms with van der Waals surface area (Å²) in [6.45, 7) is 10.9. The molecule has 1 atom stereocenters. The minimum absolute atomic E-state index is 0.238. The molecule has 0 spiro atoms. The Morgan fingerprint density at radius 3 is 2.57 bits per heavy atom. The summed E-state index contributed by atoms with van der Waals surface area (Å²) in [5.41, 5.74) is 8.06. The Labute approximate surface area is 124 Å². The minimum Gasteiger partial charge on any atom is -0.363 e. The molecule has 2 heterocycles. The Morgan fingerprint density at radius 1 is 1.10 bits per heavy atom. The van der Waals surface area contributed by atoms with E-state index in [1.165, 1.54) is 28.1 Å². The number of allylic oxidation sites excluding steroid dienone is 4. The number of dihydropyridines is 1. The van der Waals surface area contributed by atoms with Crippen LogP contribution in [0.15, 0.2) is 45.4 Å². The van der Waals surface area contributed by atoms with E-state index in [9.17, 15) is 0 Å². The first-order chi connectivity index (χ1) is 10.0. The van der Waals surface area contributed by atoms with Gasteiger partial charge in [0.05, 0.1) is 0 Å². The maximum atomic E-state index is 4.93. The van der Waals surface area contributed by atoms with Crippen LogP contribution in [0, 0.1) is 5.92 Å². The summed E-state index contributed by atoms with van der Waals surface area (Å²) in [4.78, 5) is 0. The van der Waals surface area contributed by atoms with E-state index in [-0.39, 0.29) is 5.92 Å². The molecule has 0 bridgehead atoms. The summed E-state index contributed by atoms with van der Waals surface area (Å²) in [5.74, 6) is 0.697. The van der Waals surface area contributed by atoms with Gasteiger partial charge in [0.2, 0.25) is 0 Å². The van der Waals surface area contributed by atoms with Gasteiger partial charge in [-0.3, -0.25) is 0 Å². The SMILES string of the molecule is CC1=C(C)C(c2cccc3nonc23)C(C(C)C)=C(C)N1. The largest absolute Gasteiger partial charge is 0.363 e. The minimum atomic E-state index is 0.238. The molecule has 1 aromatic heterocycles. The van der Waals surface area contributed by atoms with E-state index < -0.39 is 0 Å². The number of nitrogens with zero attached hydrogens (tertiary/aromatic N) is 2. The Kier molecular flexibility index (Phi) is 3.32. The molecule has 0 fully saturated rings. The summed E-state index contributed by atoms with van der Waals surface area (Å²) < 4.78 is 4.93. The van der Waals surface area contributed by atoms with Gasteiger partial charge < -0.3 is 5.32 Å². The number of fused-ring (bicyclic) bond motifs is 1. The zero-order valence-electron chi connectivity index (χ0n) is 13.2. The highest BCUT2D eigenvalue weighted by Gasteiger charge is 2.30. The van der Waals surface area contributed by atoms with E-state index in [2.05, 4.69) is 56.3 Å². The van der Waals surface area contributed by atoms with Crippen LogP contribution in [0.4, 0.5) is 0 Å². The molecule has 21 heavy (non-hydrogen) atoms. The van der Waals surface area contributed by atoms with E-state index >= 15 is 0 Å². The van der Waals surface area contributed by atoms with Crippen molar-refractivity contribution in [1.29, 1.82) is 0 Å². The van der Waals surface area contributed by atoms with Gasteiger partial charge in [0, 0.05) is 17.3 Å². The fourth-order valence-electron chi connectivity index (χ4n) is 3.35. The second kappa shape index (κ2) is 5.02. The van der Waals surface area contributed by atoms with Gasteiger partial charge in [0.25, 0.3) is 0 Å². The Hall–Kier alpha value is -2.10. The molecule has 0 saturated heterocycles. The van der Waals surface area contributed by atoms with Crippen molar-refractivity contribution in [1.82, 2.24) is 15.6 Å². The summed E-state index contributed by atoms with van der Waals surface area (Å²) in [6, 6.07) is 6.10. The van der Waals surface area contributed by atoms with Crippen LogP contribution < -0.4 is 5.32 Å². The molecular formula is C17H21N3O. The summed E-state index contributed by atoms with van der Waals surface area (Å²) >= 11 is 0. The van der Waals surface area contributed by atoms with Crippen LogP contribution >= 0.6 is 0 Å². The number of nitrogens with one attached hydrogen (secondary N) is 1. The monoisotopic (exact) mass is 283 g/mol. The predicted molar refractivity (Wildman–Crippen MR) is 83.6 cm³/mol. The fraction of sp³-hybridized carbons (Fsp3) is 0.412. The second-order valence-electron chi connectivity index (χ2n) is 6.08. The number of benzene rings is 1. The lowest BCUT2D eigenvalue weighted by Crippen LogP contribution is -2.25. The molecule has 110 valence electrons. The average molecular weight is 283 g/mol. The third-order valence-corrected chi connectivity index (χ3v) is 4.39. The van der Waals surface area contributed by atoms with Crippen LogP contribution in [0.3, 0.4) is 0 Å². The Balaban J connectivity index is 2.26. The van der Waals surface area contributed by atoms with Gasteiger partial charge in [-0.15, -0.1) is 0 Å². The molecule has 0 aliphatic carbocycles. The fourth-order valence-corrected chi connectivity index (χ4v) is 3.35.